The Hall–Kier alpha value is -3.48. The number of ketones is 1. The Kier molecular flexibility index (Phi) is 4.65. The van der Waals surface area contributed by atoms with E-state index in [4.69, 9.17) is 0 Å². The first-order valence-corrected chi connectivity index (χ1v) is 8.99. The van der Waals surface area contributed by atoms with Crippen LogP contribution in [-0.4, -0.2) is 58.6 Å². The first-order valence-electron chi connectivity index (χ1n) is 8.99. The second-order valence-electron chi connectivity index (χ2n) is 6.67. The van der Waals surface area contributed by atoms with E-state index in [1.165, 1.54) is 29.2 Å². The minimum absolute atomic E-state index is 0.213. The summed E-state index contributed by atoms with van der Waals surface area (Å²) in [6.45, 7) is 1.20. The summed E-state index contributed by atoms with van der Waals surface area (Å²) in [5.74, 6) is -1.74. The van der Waals surface area contributed by atoms with E-state index in [0.29, 0.717) is 29.6 Å². The van der Waals surface area contributed by atoms with Gasteiger partial charge in [-0.3, -0.25) is 14.4 Å². The van der Waals surface area contributed by atoms with Crippen LogP contribution in [0.1, 0.15) is 20.7 Å². The standard InChI is InChI=1S/C21H18FN3O3/c22-15-7-5-14(6-8-15)20(27)24-9-11-25(12-10-24)21(28)19(26)17-13-23-18-4-2-1-3-16(17)18/h1-8,13,23H,9-12H2. The molecule has 0 radical (unpaired) electrons. The fourth-order valence-corrected chi connectivity index (χ4v) is 3.41. The van der Waals surface area contributed by atoms with E-state index < -0.39 is 17.5 Å². The first kappa shape index (κ1) is 17.9. The normalized spacial score (nSPS) is 14.3. The number of H-pyrrole nitrogens is 1. The van der Waals surface area contributed by atoms with Crippen LogP contribution >= 0.6 is 0 Å². The third kappa shape index (κ3) is 3.26. The van der Waals surface area contributed by atoms with Crippen LogP contribution in [0, 0.1) is 5.82 Å². The second kappa shape index (κ2) is 7.26. The topological polar surface area (TPSA) is 73.5 Å². The zero-order chi connectivity index (χ0) is 19.7. The highest BCUT2D eigenvalue weighted by Gasteiger charge is 2.29. The molecule has 7 heteroatoms. The number of para-hydroxylation sites is 1. The maximum Gasteiger partial charge on any atom is 0.295 e. The number of hydrogen-bond donors (Lipinski definition) is 1. The number of carbonyl (C=O) groups excluding carboxylic acids is 3. The van der Waals surface area contributed by atoms with Crippen molar-refractivity contribution in [3.05, 3.63) is 71.7 Å². The van der Waals surface area contributed by atoms with Crippen LogP contribution in [0.2, 0.25) is 0 Å². The highest BCUT2D eigenvalue weighted by atomic mass is 19.1. The summed E-state index contributed by atoms with van der Waals surface area (Å²) >= 11 is 0. The summed E-state index contributed by atoms with van der Waals surface area (Å²) in [6.07, 6.45) is 1.55. The van der Waals surface area contributed by atoms with Crippen LogP contribution in [0.3, 0.4) is 0 Å². The number of rotatable bonds is 3. The monoisotopic (exact) mass is 379 g/mol. The molecule has 1 aromatic heterocycles. The molecule has 28 heavy (non-hydrogen) atoms. The number of aromatic amines is 1. The van der Waals surface area contributed by atoms with Crippen molar-refractivity contribution in [2.24, 2.45) is 0 Å². The van der Waals surface area contributed by atoms with Crippen LogP contribution in [-0.2, 0) is 4.79 Å². The van der Waals surface area contributed by atoms with Gasteiger partial charge in [0.15, 0.2) is 0 Å². The largest absolute Gasteiger partial charge is 0.360 e. The molecule has 4 rings (SSSR count). The SMILES string of the molecule is O=C(C(=O)N1CCN(C(=O)c2ccc(F)cc2)CC1)c1c[nH]c2ccccc12. The van der Waals surface area contributed by atoms with Gasteiger partial charge in [-0.25, -0.2) is 4.39 Å². The van der Waals surface area contributed by atoms with Gasteiger partial charge in [0.25, 0.3) is 17.6 Å². The van der Waals surface area contributed by atoms with Crippen molar-refractivity contribution < 1.29 is 18.8 Å². The lowest BCUT2D eigenvalue weighted by Crippen LogP contribution is -2.52. The summed E-state index contributed by atoms with van der Waals surface area (Å²) in [4.78, 5) is 43.9. The van der Waals surface area contributed by atoms with Gasteiger partial charge in [0.2, 0.25) is 0 Å². The van der Waals surface area contributed by atoms with Crippen molar-refractivity contribution in [1.29, 1.82) is 0 Å². The van der Waals surface area contributed by atoms with Gasteiger partial charge in [0.1, 0.15) is 5.82 Å². The number of amides is 2. The summed E-state index contributed by atoms with van der Waals surface area (Å²) in [6, 6.07) is 12.7. The molecule has 6 nitrogen and oxygen atoms in total. The number of nitrogens with zero attached hydrogens (tertiary/aromatic N) is 2. The number of piperazine rings is 1. The van der Waals surface area contributed by atoms with Crippen LogP contribution < -0.4 is 0 Å². The Morgan fingerprint density at radius 1 is 0.857 bits per heavy atom. The predicted octanol–water partition coefficient (Wildman–Crippen LogP) is 2.47. The molecule has 2 heterocycles. The fourth-order valence-electron chi connectivity index (χ4n) is 3.41. The summed E-state index contributed by atoms with van der Waals surface area (Å²) in [5.41, 5.74) is 1.55. The smallest absolute Gasteiger partial charge is 0.295 e. The highest BCUT2D eigenvalue weighted by Crippen LogP contribution is 2.19. The van der Waals surface area contributed by atoms with E-state index in [2.05, 4.69) is 4.98 Å². The molecule has 1 aliphatic heterocycles. The zero-order valence-corrected chi connectivity index (χ0v) is 15.0. The van der Waals surface area contributed by atoms with Gasteiger partial charge in [-0.15, -0.1) is 0 Å². The number of benzene rings is 2. The molecular weight excluding hydrogens is 361 g/mol. The van der Waals surface area contributed by atoms with E-state index in [-0.39, 0.29) is 19.0 Å². The van der Waals surface area contributed by atoms with Gasteiger partial charge in [0.05, 0.1) is 5.56 Å². The van der Waals surface area contributed by atoms with Crippen molar-refractivity contribution in [3.8, 4) is 0 Å². The maximum absolute atomic E-state index is 13.0. The Bertz CT molecular complexity index is 1050. The molecule has 1 saturated heterocycles. The Labute approximate surface area is 160 Å². The number of Topliss-reactive ketones (excluding diaryl/α,β-unsaturated/α-hetero) is 1. The third-order valence-electron chi connectivity index (χ3n) is 4.97. The lowest BCUT2D eigenvalue weighted by Gasteiger charge is -2.34. The number of carbonyl (C=O) groups is 3. The Balaban J connectivity index is 1.42. The van der Waals surface area contributed by atoms with E-state index in [0.717, 1.165) is 5.52 Å². The number of nitrogens with one attached hydrogen (secondary N) is 1. The van der Waals surface area contributed by atoms with Crippen molar-refractivity contribution >= 4 is 28.5 Å². The van der Waals surface area contributed by atoms with E-state index in [9.17, 15) is 18.8 Å². The summed E-state index contributed by atoms with van der Waals surface area (Å²) in [5, 5.41) is 0.714. The second-order valence-corrected chi connectivity index (χ2v) is 6.67. The predicted molar refractivity (Wildman–Crippen MR) is 102 cm³/mol. The van der Waals surface area contributed by atoms with E-state index in [1.807, 2.05) is 18.2 Å². The fraction of sp³-hybridized carbons (Fsp3) is 0.190. The molecule has 0 unspecified atom stereocenters. The average Bonchev–Trinajstić information content (AvgIpc) is 3.17. The maximum atomic E-state index is 13.0. The third-order valence-corrected chi connectivity index (χ3v) is 4.97. The quantitative estimate of drug-likeness (QED) is 0.561. The van der Waals surface area contributed by atoms with Crippen molar-refractivity contribution in [3.63, 3.8) is 0 Å². The highest BCUT2D eigenvalue weighted by molar-refractivity contribution is 6.44. The lowest BCUT2D eigenvalue weighted by atomic mass is 10.1. The van der Waals surface area contributed by atoms with Crippen molar-refractivity contribution in [2.45, 2.75) is 0 Å². The number of hydrogen-bond acceptors (Lipinski definition) is 3. The van der Waals surface area contributed by atoms with Gasteiger partial charge in [-0.1, -0.05) is 18.2 Å². The molecule has 0 atom stereocenters. The van der Waals surface area contributed by atoms with Crippen LogP contribution in [0.25, 0.3) is 10.9 Å². The molecule has 0 saturated carbocycles. The molecule has 2 aromatic carbocycles. The van der Waals surface area contributed by atoms with Crippen molar-refractivity contribution in [2.75, 3.05) is 26.2 Å². The van der Waals surface area contributed by atoms with Gasteiger partial charge >= 0.3 is 0 Å². The van der Waals surface area contributed by atoms with Gasteiger partial charge in [-0.05, 0) is 30.3 Å². The number of halogens is 1. The molecule has 142 valence electrons. The van der Waals surface area contributed by atoms with Gasteiger partial charge in [0, 0.05) is 48.8 Å². The minimum atomic E-state index is -0.571. The summed E-state index contributed by atoms with van der Waals surface area (Å²) < 4.78 is 13.0. The Morgan fingerprint density at radius 2 is 1.50 bits per heavy atom. The van der Waals surface area contributed by atoms with Gasteiger partial charge < -0.3 is 14.8 Å². The molecule has 1 fully saturated rings. The van der Waals surface area contributed by atoms with E-state index in [1.54, 1.807) is 17.2 Å². The van der Waals surface area contributed by atoms with Crippen LogP contribution in [0.4, 0.5) is 4.39 Å². The molecule has 0 spiro atoms. The molecular formula is C21H18FN3O3. The minimum Gasteiger partial charge on any atom is -0.360 e. The lowest BCUT2D eigenvalue weighted by molar-refractivity contribution is -0.127. The first-order chi connectivity index (χ1) is 13.5. The zero-order valence-electron chi connectivity index (χ0n) is 15.0. The van der Waals surface area contributed by atoms with E-state index >= 15 is 0 Å². The van der Waals surface area contributed by atoms with Gasteiger partial charge in [-0.2, -0.15) is 0 Å². The summed E-state index contributed by atoms with van der Waals surface area (Å²) in [7, 11) is 0. The van der Waals surface area contributed by atoms with Crippen LogP contribution in [0.5, 0.6) is 0 Å². The molecule has 3 aromatic rings. The average molecular weight is 379 g/mol. The molecule has 0 bridgehead atoms. The van der Waals surface area contributed by atoms with Crippen molar-refractivity contribution in [1.82, 2.24) is 14.8 Å². The number of fused-ring (bicyclic) bond motifs is 1. The molecule has 2 amide bonds. The molecule has 0 aliphatic carbocycles. The Morgan fingerprint density at radius 3 is 2.21 bits per heavy atom. The van der Waals surface area contributed by atoms with Crippen LogP contribution in [0.15, 0.2) is 54.7 Å². The molecule has 1 aliphatic rings. The molecule has 1 N–H and O–H groups in total. The number of aromatic nitrogens is 1.